The highest BCUT2D eigenvalue weighted by molar-refractivity contribution is 5.90. The number of carbonyl (C=O) groups excluding carboxylic acids is 1. The van der Waals surface area contributed by atoms with Crippen LogP contribution in [0.15, 0.2) is 24.0 Å². The van der Waals surface area contributed by atoms with Gasteiger partial charge in [0.15, 0.2) is 11.5 Å². The molecule has 0 aliphatic carbocycles. The summed E-state index contributed by atoms with van der Waals surface area (Å²) in [6, 6.07) is 2.40. The van der Waals surface area contributed by atoms with E-state index in [0.717, 1.165) is 12.8 Å². The van der Waals surface area contributed by atoms with Crippen molar-refractivity contribution in [3.8, 4) is 11.5 Å². The quantitative estimate of drug-likeness (QED) is 0.582. The summed E-state index contributed by atoms with van der Waals surface area (Å²) in [5, 5.41) is 0. The van der Waals surface area contributed by atoms with E-state index >= 15 is 0 Å². The third-order valence-electron chi connectivity index (χ3n) is 3.53. The van der Waals surface area contributed by atoms with Crippen LogP contribution in [-0.4, -0.2) is 18.7 Å². The summed E-state index contributed by atoms with van der Waals surface area (Å²) in [6.45, 7) is 3.92. The van der Waals surface area contributed by atoms with E-state index in [2.05, 4.69) is 6.92 Å². The molecule has 2 rings (SSSR count). The average Bonchev–Trinajstić information content (AvgIpc) is 2.55. The molecule has 1 unspecified atom stereocenters. The third kappa shape index (κ3) is 4.21. The molecule has 0 radical (unpaired) electrons. The van der Waals surface area contributed by atoms with E-state index in [0.29, 0.717) is 18.4 Å². The zero-order valence-corrected chi connectivity index (χ0v) is 13.2. The lowest BCUT2D eigenvalue weighted by Gasteiger charge is -2.21. The molecular weight excluding hydrogens is 306 g/mol. The van der Waals surface area contributed by atoms with Crippen molar-refractivity contribution in [2.45, 2.75) is 45.6 Å². The fourth-order valence-electron chi connectivity index (χ4n) is 2.33. The first-order valence-corrected chi connectivity index (χ1v) is 7.74. The maximum atomic E-state index is 13.9. The molecule has 0 saturated heterocycles. The number of ether oxygens (including phenoxy) is 3. The van der Waals surface area contributed by atoms with Crippen LogP contribution in [0.3, 0.4) is 0 Å². The van der Waals surface area contributed by atoms with Crippen LogP contribution >= 0.6 is 0 Å². The van der Waals surface area contributed by atoms with Crippen molar-refractivity contribution in [3.63, 3.8) is 0 Å². The molecule has 1 aromatic rings. The van der Waals surface area contributed by atoms with Crippen molar-refractivity contribution in [2.24, 2.45) is 0 Å². The molecule has 1 aromatic carbocycles. The summed E-state index contributed by atoms with van der Waals surface area (Å²) >= 11 is 0. The van der Waals surface area contributed by atoms with Gasteiger partial charge < -0.3 is 14.2 Å². The molecule has 0 fully saturated rings. The topological polar surface area (TPSA) is 44.8 Å². The monoisotopic (exact) mass is 326 g/mol. The second-order valence-corrected chi connectivity index (χ2v) is 5.24. The Morgan fingerprint density at radius 1 is 1.26 bits per heavy atom. The summed E-state index contributed by atoms with van der Waals surface area (Å²) in [4.78, 5) is 12.0. The Kier molecular flexibility index (Phi) is 5.96. The number of rotatable bonds is 6. The number of carbonyl (C=O) groups is 1. The largest absolute Gasteiger partial charge is 0.497 e. The van der Waals surface area contributed by atoms with Crippen LogP contribution in [0.4, 0.5) is 8.78 Å². The van der Waals surface area contributed by atoms with E-state index < -0.39 is 23.4 Å². The van der Waals surface area contributed by atoms with Crippen LogP contribution in [0.25, 0.3) is 0 Å². The number of hydrogen-bond acceptors (Lipinski definition) is 4. The average molecular weight is 326 g/mol. The second kappa shape index (κ2) is 7.94. The van der Waals surface area contributed by atoms with Crippen LogP contribution < -0.4 is 9.47 Å². The lowest BCUT2D eigenvalue weighted by Crippen LogP contribution is -2.20. The fraction of sp³-hybridized carbons (Fsp3) is 0.471. The zero-order chi connectivity index (χ0) is 16.8. The van der Waals surface area contributed by atoms with Gasteiger partial charge in [0.25, 0.3) is 0 Å². The van der Waals surface area contributed by atoms with Gasteiger partial charge in [0.2, 0.25) is 11.6 Å². The fourth-order valence-corrected chi connectivity index (χ4v) is 2.33. The van der Waals surface area contributed by atoms with Gasteiger partial charge in [-0.1, -0.05) is 13.3 Å². The molecule has 1 atom stereocenters. The summed E-state index contributed by atoms with van der Waals surface area (Å²) in [5.41, 5.74) is 0.311. The highest BCUT2D eigenvalue weighted by atomic mass is 19.2. The first-order valence-electron chi connectivity index (χ1n) is 7.74. The summed E-state index contributed by atoms with van der Waals surface area (Å²) < 4.78 is 43.0. The Morgan fingerprint density at radius 3 is 2.57 bits per heavy atom. The Bertz CT molecular complexity index is 599. The molecule has 0 aromatic heterocycles. The first kappa shape index (κ1) is 17.2. The minimum atomic E-state index is -1.24. The number of esters is 1. The predicted molar refractivity (Wildman–Crippen MR) is 80.3 cm³/mol. The standard InChI is InChI=1S/C17H20F2O4/c1-3-5-12-7-6-11(10-22-12)17(20)23-14-9-8-13(21-4-2)15(18)16(14)19/h8-10,12H,3-7H2,1-2H3. The molecule has 23 heavy (non-hydrogen) atoms. The maximum Gasteiger partial charge on any atom is 0.342 e. The van der Waals surface area contributed by atoms with E-state index in [1.54, 1.807) is 6.92 Å². The molecule has 0 spiro atoms. The Balaban J connectivity index is 2.05. The zero-order valence-electron chi connectivity index (χ0n) is 13.2. The third-order valence-corrected chi connectivity index (χ3v) is 3.53. The minimum Gasteiger partial charge on any atom is -0.497 e. The van der Waals surface area contributed by atoms with E-state index in [4.69, 9.17) is 14.2 Å². The minimum absolute atomic E-state index is 0.0937. The predicted octanol–water partition coefficient (Wildman–Crippen LogP) is 4.13. The van der Waals surface area contributed by atoms with Gasteiger partial charge in [-0.15, -0.1) is 0 Å². The van der Waals surface area contributed by atoms with Crippen LogP contribution in [0.1, 0.15) is 39.5 Å². The van der Waals surface area contributed by atoms with Crippen molar-refractivity contribution in [3.05, 3.63) is 35.6 Å². The van der Waals surface area contributed by atoms with Crippen molar-refractivity contribution in [1.82, 2.24) is 0 Å². The van der Waals surface area contributed by atoms with Gasteiger partial charge in [-0.05, 0) is 38.3 Å². The van der Waals surface area contributed by atoms with Crippen LogP contribution in [-0.2, 0) is 9.53 Å². The van der Waals surface area contributed by atoms with Gasteiger partial charge in [-0.3, -0.25) is 0 Å². The second-order valence-electron chi connectivity index (χ2n) is 5.24. The first-order chi connectivity index (χ1) is 11.1. The molecule has 1 aliphatic rings. The van der Waals surface area contributed by atoms with Crippen molar-refractivity contribution < 1.29 is 27.8 Å². The van der Waals surface area contributed by atoms with Crippen molar-refractivity contribution in [2.75, 3.05) is 6.61 Å². The highest BCUT2D eigenvalue weighted by Crippen LogP contribution is 2.29. The van der Waals surface area contributed by atoms with Crippen molar-refractivity contribution >= 4 is 5.97 Å². The van der Waals surface area contributed by atoms with Gasteiger partial charge in [-0.25, -0.2) is 4.79 Å². The van der Waals surface area contributed by atoms with Gasteiger partial charge >= 0.3 is 5.97 Å². The maximum absolute atomic E-state index is 13.9. The Hall–Kier alpha value is -2.11. The molecule has 126 valence electrons. The molecule has 4 nitrogen and oxygen atoms in total. The summed E-state index contributed by atoms with van der Waals surface area (Å²) in [6.07, 6.45) is 4.55. The van der Waals surface area contributed by atoms with E-state index in [9.17, 15) is 13.6 Å². The molecule has 6 heteroatoms. The number of hydrogen-bond donors (Lipinski definition) is 0. The van der Waals surface area contributed by atoms with Crippen LogP contribution in [0.5, 0.6) is 11.5 Å². The van der Waals surface area contributed by atoms with E-state index in [-0.39, 0.29) is 18.5 Å². The molecule has 1 aliphatic heterocycles. The Labute approximate surface area is 134 Å². The smallest absolute Gasteiger partial charge is 0.342 e. The van der Waals surface area contributed by atoms with Crippen molar-refractivity contribution in [1.29, 1.82) is 0 Å². The molecule has 0 bridgehead atoms. The molecule has 0 saturated carbocycles. The van der Waals surface area contributed by atoms with Crippen LogP contribution in [0.2, 0.25) is 0 Å². The normalized spacial score (nSPS) is 17.2. The van der Waals surface area contributed by atoms with Gasteiger partial charge in [0.05, 0.1) is 24.5 Å². The molecular formula is C17H20F2O4. The highest BCUT2D eigenvalue weighted by Gasteiger charge is 2.23. The van der Waals surface area contributed by atoms with E-state index in [1.807, 2.05) is 0 Å². The molecule has 0 amide bonds. The Morgan fingerprint density at radius 2 is 1.96 bits per heavy atom. The molecule has 0 N–H and O–H groups in total. The van der Waals surface area contributed by atoms with E-state index in [1.165, 1.54) is 18.4 Å². The number of benzene rings is 1. The summed E-state index contributed by atoms with van der Waals surface area (Å²) in [7, 11) is 0. The summed E-state index contributed by atoms with van der Waals surface area (Å²) in [5.74, 6) is -3.83. The molecule has 1 heterocycles. The number of halogens is 2. The lowest BCUT2D eigenvalue weighted by atomic mass is 10.0. The lowest BCUT2D eigenvalue weighted by molar-refractivity contribution is -0.131. The van der Waals surface area contributed by atoms with Gasteiger partial charge in [0.1, 0.15) is 0 Å². The van der Waals surface area contributed by atoms with Crippen LogP contribution in [0, 0.1) is 11.6 Å². The van der Waals surface area contributed by atoms with Gasteiger partial charge in [0, 0.05) is 0 Å². The van der Waals surface area contributed by atoms with Gasteiger partial charge in [-0.2, -0.15) is 8.78 Å². The SMILES string of the molecule is CCCC1CCC(C(=O)Oc2ccc(OCC)c(F)c2F)=CO1.